The Hall–Kier alpha value is -4.53. The van der Waals surface area contributed by atoms with Gasteiger partial charge in [0.1, 0.15) is 11.6 Å². The quantitative estimate of drug-likeness (QED) is 0.142. The molecule has 3 aromatic rings. The van der Waals surface area contributed by atoms with Crippen LogP contribution < -0.4 is 26.0 Å². The molecule has 270 valence electrons. The van der Waals surface area contributed by atoms with Crippen LogP contribution in [0.5, 0.6) is 11.5 Å². The number of hydrogen-bond acceptors (Lipinski definition) is 5. The number of rotatable bonds is 7. The summed E-state index contributed by atoms with van der Waals surface area (Å²) in [6, 6.07) is 10.4. The topological polar surface area (TPSA) is 101 Å². The standard InChI is InChI=1S/C35H38F6N4O4S/c1-8-18(2)26(45-31(47)49-32(3,4)5)29(46)43-24-13-9-11-22-27(24)48-28-23(33(22,6)7)12-10-14-25(28)44-30(50)42-21-16-19(34(36,37)38)15-20(17-21)35(39,40)41/h9-18,26H,8H2,1-7H3,(H,43,46)(H,45,47)(H2,42,44,50)/t18-,26-/m0/s1. The summed E-state index contributed by atoms with van der Waals surface area (Å²) in [4.78, 5) is 26.3. The van der Waals surface area contributed by atoms with Gasteiger partial charge in [-0.25, -0.2) is 4.79 Å². The number of nitrogens with one attached hydrogen (secondary N) is 4. The van der Waals surface area contributed by atoms with E-state index in [0.29, 0.717) is 41.1 Å². The molecule has 50 heavy (non-hydrogen) atoms. The van der Waals surface area contributed by atoms with Crippen LogP contribution in [0.4, 0.5) is 48.2 Å². The van der Waals surface area contributed by atoms with Crippen molar-refractivity contribution in [2.45, 2.75) is 84.3 Å². The van der Waals surface area contributed by atoms with Gasteiger partial charge in [-0.1, -0.05) is 58.4 Å². The van der Waals surface area contributed by atoms with Crippen LogP contribution in [0.25, 0.3) is 0 Å². The molecule has 1 aliphatic heterocycles. The highest BCUT2D eigenvalue weighted by Gasteiger charge is 2.39. The van der Waals surface area contributed by atoms with Gasteiger partial charge in [-0.2, -0.15) is 26.3 Å². The minimum atomic E-state index is -5.04. The number of amides is 2. The third kappa shape index (κ3) is 8.79. The summed E-state index contributed by atoms with van der Waals surface area (Å²) in [6.45, 7) is 12.7. The maximum Gasteiger partial charge on any atom is 0.416 e. The Morgan fingerprint density at radius 3 is 1.80 bits per heavy atom. The van der Waals surface area contributed by atoms with E-state index in [2.05, 4.69) is 21.3 Å². The molecule has 1 heterocycles. The van der Waals surface area contributed by atoms with Gasteiger partial charge < -0.3 is 30.7 Å². The van der Waals surface area contributed by atoms with Gasteiger partial charge in [-0.15, -0.1) is 0 Å². The molecule has 2 amide bonds. The number of hydrogen-bond donors (Lipinski definition) is 4. The fraction of sp³-hybridized carbons (Fsp3) is 0.400. The largest absolute Gasteiger partial charge is 0.452 e. The zero-order valence-corrected chi connectivity index (χ0v) is 29.2. The highest BCUT2D eigenvalue weighted by atomic mass is 32.1. The van der Waals surface area contributed by atoms with Crippen LogP contribution in [0.15, 0.2) is 54.6 Å². The van der Waals surface area contributed by atoms with Crippen LogP contribution in [0.1, 0.15) is 77.1 Å². The van der Waals surface area contributed by atoms with Crippen LogP contribution in [-0.4, -0.2) is 28.8 Å². The summed E-state index contributed by atoms with van der Waals surface area (Å²) >= 11 is 5.30. The highest BCUT2D eigenvalue weighted by molar-refractivity contribution is 7.80. The smallest absolute Gasteiger partial charge is 0.416 e. The van der Waals surface area contributed by atoms with E-state index >= 15 is 0 Å². The second-order valence-electron chi connectivity index (χ2n) is 13.5. The Balaban J connectivity index is 1.64. The lowest BCUT2D eigenvalue weighted by atomic mass is 9.75. The maximum absolute atomic E-state index is 13.6. The first-order chi connectivity index (χ1) is 23.0. The molecule has 0 bridgehead atoms. The Kier molecular flexibility index (Phi) is 10.7. The summed E-state index contributed by atoms with van der Waals surface area (Å²) in [7, 11) is 0. The lowest BCUT2D eigenvalue weighted by Gasteiger charge is -2.36. The first-order valence-corrected chi connectivity index (χ1v) is 16.0. The van der Waals surface area contributed by atoms with E-state index in [9.17, 15) is 35.9 Å². The number of carbonyl (C=O) groups is 2. The van der Waals surface area contributed by atoms with Gasteiger partial charge in [-0.05, 0) is 69.2 Å². The summed E-state index contributed by atoms with van der Waals surface area (Å²) in [5.74, 6) is -0.226. The van der Waals surface area contributed by atoms with Gasteiger partial charge in [0.05, 0.1) is 22.5 Å². The monoisotopic (exact) mass is 724 g/mol. The zero-order chi connectivity index (χ0) is 37.4. The molecule has 2 atom stereocenters. The molecule has 8 nitrogen and oxygen atoms in total. The van der Waals surface area contributed by atoms with Crippen molar-refractivity contribution in [3.8, 4) is 11.5 Å². The van der Waals surface area contributed by atoms with Crippen LogP contribution in [0.3, 0.4) is 0 Å². The number of fused-ring (bicyclic) bond motifs is 2. The first-order valence-electron chi connectivity index (χ1n) is 15.6. The van der Waals surface area contributed by atoms with Gasteiger partial charge in [-0.3, -0.25) is 4.79 Å². The predicted octanol–water partition coefficient (Wildman–Crippen LogP) is 9.84. The van der Waals surface area contributed by atoms with E-state index in [4.69, 9.17) is 21.7 Å². The molecule has 0 unspecified atom stereocenters. The van der Waals surface area contributed by atoms with Gasteiger partial charge in [0.2, 0.25) is 5.91 Å². The number of ether oxygens (including phenoxy) is 2. The minimum absolute atomic E-state index is 0.0255. The SMILES string of the molecule is CC[C@H](C)[C@H](NC(=O)OC(C)(C)C)C(=O)Nc1cccc2c1Oc1c(NC(=S)Nc3cc(C(F)(F)F)cc(C(F)(F)F)c3)cccc1C2(C)C. The lowest BCUT2D eigenvalue weighted by molar-refractivity contribution is -0.143. The van der Waals surface area contributed by atoms with Crippen molar-refractivity contribution in [1.29, 1.82) is 0 Å². The number of carbonyl (C=O) groups excluding carboxylic acids is 2. The summed E-state index contributed by atoms with van der Waals surface area (Å²) in [6.07, 6.45) is -10.3. The number of benzene rings is 3. The normalized spacial score (nSPS) is 15.0. The van der Waals surface area contributed by atoms with E-state index in [1.54, 1.807) is 51.1 Å². The van der Waals surface area contributed by atoms with Crippen molar-refractivity contribution >= 4 is 46.4 Å². The molecular formula is C35H38F6N4O4S. The van der Waals surface area contributed by atoms with Crippen LogP contribution in [0, 0.1) is 5.92 Å². The van der Waals surface area contributed by atoms with E-state index in [0.717, 1.165) is 0 Å². The van der Waals surface area contributed by atoms with Gasteiger partial charge in [0.25, 0.3) is 0 Å². The average molecular weight is 725 g/mol. The number of anilines is 3. The highest BCUT2D eigenvalue weighted by Crippen LogP contribution is 2.53. The molecule has 0 aliphatic carbocycles. The zero-order valence-electron chi connectivity index (χ0n) is 28.4. The molecule has 4 N–H and O–H groups in total. The molecule has 1 aliphatic rings. The number of para-hydroxylation sites is 2. The van der Waals surface area contributed by atoms with Gasteiger partial charge >= 0.3 is 18.4 Å². The van der Waals surface area contributed by atoms with E-state index < -0.39 is 58.2 Å². The number of alkyl halides is 6. The van der Waals surface area contributed by atoms with Crippen molar-refractivity contribution < 1.29 is 45.4 Å². The third-order valence-electron chi connectivity index (χ3n) is 8.10. The van der Waals surface area contributed by atoms with Crippen LogP contribution in [-0.2, 0) is 27.3 Å². The number of thiocarbonyl (C=S) groups is 1. The van der Waals surface area contributed by atoms with Crippen molar-refractivity contribution in [3.05, 3.63) is 76.9 Å². The summed E-state index contributed by atoms with van der Waals surface area (Å²) < 4.78 is 92.3. The van der Waals surface area contributed by atoms with Crippen molar-refractivity contribution in [2.75, 3.05) is 16.0 Å². The molecule has 15 heteroatoms. The molecule has 3 aromatic carbocycles. The van der Waals surface area contributed by atoms with Crippen molar-refractivity contribution in [1.82, 2.24) is 5.32 Å². The van der Waals surface area contributed by atoms with Gasteiger partial charge in [0, 0.05) is 22.2 Å². The second-order valence-corrected chi connectivity index (χ2v) is 13.9. The van der Waals surface area contributed by atoms with Gasteiger partial charge in [0.15, 0.2) is 16.6 Å². The van der Waals surface area contributed by atoms with Crippen LogP contribution >= 0.6 is 12.2 Å². The molecule has 0 saturated heterocycles. The minimum Gasteiger partial charge on any atom is -0.452 e. The number of halogens is 6. The maximum atomic E-state index is 13.6. The Morgan fingerprint density at radius 1 is 0.840 bits per heavy atom. The molecule has 0 spiro atoms. The van der Waals surface area contributed by atoms with E-state index in [1.165, 1.54) is 0 Å². The Bertz CT molecular complexity index is 1750. The molecule has 4 rings (SSSR count). The Labute approximate surface area is 291 Å². The van der Waals surface area contributed by atoms with Crippen molar-refractivity contribution in [2.24, 2.45) is 5.92 Å². The van der Waals surface area contributed by atoms with E-state index in [1.807, 2.05) is 33.8 Å². The molecule has 0 radical (unpaired) electrons. The molecule has 0 saturated carbocycles. The third-order valence-corrected chi connectivity index (χ3v) is 8.30. The summed E-state index contributed by atoms with van der Waals surface area (Å²) in [5, 5.41) is 10.5. The Morgan fingerprint density at radius 2 is 1.34 bits per heavy atom. The second kappa shape index (κ2) is 14.0. The molecule has 0 fully saturated rings. The molecular weight excluding hydrogens is 686 g/mol. The summed E-state index contributed by atoms with van der Waals surface area (Å²) in [5.41, 5.74) is -3.07. The lowest BCUT2D eigenvalue weighted by Crippen LogP contribution is -2.49. The predicted molar refractivity (Wildman–Crippen MR) is 183 cm³/mol. The van der Waals surface area contributed by atoms with Crippen molar-refractivity contribution in [3.63, 3.8) is 0 Å². The fourth-order valence-corrected chi connectivity index (χ4v) is 5.61. The average Bonchev–Trinajstić information content (AvgIpc) is 2.98. The first kappa shape index (κ1) is 38.3. The number of alkyl carbamates (subject to hydrolysis) is 1. The van der Waals surface area contributed by atoms with E-state index in [-0.39, 0.29) is 28.5 Å². The fourth-order valence-electron chi connectivity index (χ4n) is 5.38. The molecule has 0 aromatic heterocycles. The van der Waals surface area contributed by atoms with Crippen LogP contribution in [0.2, 0.25) is 0 Å².